The number of fused-ring (bicyclic) bond motifs is 2. The third kappa shape index (κ3) is 5.37. The molecule has 0 spiro atoms. The monoisotopic (exact) mass is 598 g/mol. The molecule has 44 heavy (non-hydrogen) atoms. The van der Waals surface area contributed by atoms with Gasteiger partial charge in [0.2, 0.25) is 6.79 Å². The third-order valence-corrected chi connectivity index (χ3v) is 7.89. The van der Waals surface area contributed by atoms with Crippen LogP contribution in [0.4, 0.5) is 17.2 Å². The molecular weight excluding hydrogens is 564 g/mol. The van der Waals surface area contributed by atoms with Gasteiger partial charge in [0.05, 0.1) is 23.7 Å². The summed E-state index contributed by atoms with van der Waals surface area (Å²) in [5.74, 6) is 0.307. The van der Waals surface area contributed by atoms with E-state index in [9.17, 15) is 9.59 Å². The summed E-state index contributed by atoms with van der Waals surface area (Å²) in [6.07, 6.45) is 4.11. The van der Waals surface area contributed by atoms with E-state index in [4.69, 9.17) is 25.1 Å². The molecule has 4 heterocycles. The van der Waals surface area contributed by atoms with Gasteiger partial charge >= 0.3 is 5.97 Å². The van der Waals surface area contributed by atoms with Crippen LogP contribution in [0.1, 0.15) is 43.1 Å². The van der Waals surface area contributed by atoms with Gasteiger partial charge in [0.15, 0.2) is 17.1 Å². The summed E-state index contributed by atoms with van der Waals surface area (Å²) in [6, 6.07) is 10.9. The van der Waals surface area contributed by atoms with Crippen molar-refractivity contribution < 1.29 is 23.9 Å². The predicted octanol–water partition coefficient (Wildman–Crippen LogP) is 4.18. The van der Waals surface area contributed by atoms with Crippen molar-refractivity contribution in [3.63, 3.8) is 0 Å². The topological polar surface area (TPSA) is 150 Å². The Morgan fingerprint density at radius 1 is 1.14 bits per heavy atom. The van der Waals surface area contributed by atoms with Crippen molar-refractivity contribution in [3.05, 3.63) is 60.9 Å². The van der Waals surface area contributed by atoms with Gasteiger partial charge in [-0.1, -0.05) is 6.58 Å². The first-order chi connectivity index (χ1) is 21.4. The molecule has 0 saturated carbocycles. The van der Waals surface area contributed by atoms with Gasteiger partial charge in [-0.3, -0.25) is 4.79 Å². The first-order valence-electron chi connectivity index (χ1n) is 14.6. The highest BCUT2D eigenvalue weighted by Crippen LogP contribution is 2.48. The number of aromatic nitrogens is 4. The van der Waals surface area contributed by atoms with Crippen molar-refractivity contribution in [2.45, 2.75) is 32.7 Å². The molecule has 2 aliphatic rings. The first kappa shape index (κ1) is 28.9. The zero-order valence-corrected chi connectivity index (χ0v) is 24.7. The summed E-state index contributed by atoms with van der Waals surface area (Å²) in [4.78, 5) is 41.3. The molecule has 4 aromatic rings. The third-order valence-electron chi connectivity index (χ3n) is 7.89. The van der Waals surface area contributed by atoms with E-state index in [1.807, 2.05) is 18.2 Å². The van der Waals surface area contributed by atoms with Gasteiger partial charge in [0, 0.05) is 42.5 Å². The number of nitrogens with one attached hydrogen (secondary N) is 1. The van der Waals surface area contributed by atoms with Crippen LogP contribution in [0, 0.1) is 0 Å². The molecule has 3 N–H and O–H groups in total. The summed E-state index contributed by atoms with van der Waals surface area (Å²) in [5, 5.41) is 10.1. The fraction of sp³-hybridized carbons (Fsp3) is 0.323. The molecule has 0 bridgehead atoms. The number of amides is 1. The van der Waals surface area contributed by atoms with E-state index in [1.54, 1.807) is 27.9 Å². The van der Waals surface area contributed by atoms with Crippen molar-refractivity contribution in [1.82, 2.24) is 24.8 Å². The summed E-state index contributed by atoms with van der Waals surface area (Å²) < 4.78 is 13.5. The SMILES string of the molecule is C=CC(=O)ON1CCC[C@@H](n2nc(-c3ccc(NC(=O)c4ccc(N(CC)CC)cc4)c4c3OCO4)c3c(N)ncnc32)C1. The van der Waals surface area contributed by atoms with Gasteiger partial charge in [-0.2, -0.15) is 5.10 Å². The second kappa shape index (κ2) is 12.2. The van der Waals surface area contributed by atoms with E-state index in [1.165, 1.54) is 6.33 Å². The fourth-order valence-electron chi connectivity index (χ4n) is 5.69. The van der Waals surface area contributed by atoms with E-state index in [-0.39, 0.29) is 24.6 Å². The van der Waals surface area contributed by atoms with Crippen LogP contribution >= 0.6 is 0 Å². The zero-order valence-electron chi connectivity index (χ0n) is 24.7. The molecule has 2 aliphatic heterocycles. The lowest BCUT2D eigenvalue weighted by Crippen LogP contribution is -2.38. The Hall–Kier alpha value is -5.17. The van der Waals surface area contributed by atoms with Gasteiger partial charge in [0.1, 0.15) is 17.8 Å². The van der Waals surface area contributed by atoms with Gasteiger partial charge < -0.3 is 30.3 Å². The Balaban J connectivity index is 1.32. The zero-order chi connectivity index (χ0) is 30.8. The molecule has 2 aromatic heterocycles. The van der Waals surface area contributed by atoms with Crippen LogP contribution in [0.2, 0.25) is 0 Å². The summed E-state index contributed by atoms with van der Waals surface area (Å²) in [7, 11) is 0. The number of hydroxylamine groups is 2. The average Bonchev–Trinajstić information content (AvgIpc) is 3.69. The molecule has 0 unspecified atom stereocenters. The molecule has 2 aromatic carbocycles. The van der Waals surface area contributed by atoms with Crippen molar-refractivity contribution in [2.75, 3.05) is 48.9 Å². The standard InChI is InChI=1S/C31H34N8O5/c1-4-24(40)44-38-15-7-8-21(16-38)39-30-25(29(32)33-17-34-30)26(36-39)22-13-14-23(28-27(22)42-18-43-28)35-31(41)19-9-11-20(12-10-19)37(5-2)6-3/h4,9-14,17,21H,1,5-8,15-16,18H2,2-3H3,(H,35,41)(H2,32,33,34)/t21-/m1/s1. The Morgan fingerprint density at radius 2 is 1.91 bits per heavy atom. The van der Waals surface area contributed by atoms with Gasteiger partial charge in [-0.15, -0.1) is 5.06 Å². The Bertz CT molecular complexity index is 1720. The minimum absolute atomic E-state index is 0.0232. The van der Waals surface area contributed by atoms with Crippen LogP contribution in [-0.4, -0.2) is 69.7 Å². The lowest BCUT2D eigenvalue weighted by atomic mass is 10.1. The average molecular weight is 599 g/mol. The van der Waals surface area contributed by atoms with Crippen molar-refractivity contribution in [2.24, 2.45) is 0 Å². The lowest BCUT2D eigenvalue weighted by Gasteiger charge is -2.31. The molecule has 1 atom stereocenters. The molecule has 13 heteroatoms. The largest absolute Gasteiger partial charge is 0.453 e. The van der Waals surface area contributed by atoms with Crippen molar-refractivity contribution >= 4 is 40.1 Å². The van der Waals surface area contributed by atoms with Crippen molar-refractivity contribution in [3.8, 4) is 22.8 Å². The highest BCUT2D eigenvalue weighted by Gasteiger charge is 2.31. The Kier molecular flexibility index (Phi) is 8.03. The van der Waals surface area contributed by atoms with E-state index < -0.39 is 5.97 Å². The number of carbonyl (C=O) groups is 2. The summed E-state index contributed by atoms with van der Waals surface area (Å²) in [6.45, 7) is 10.4. The normalized spacial score (nSPS) is 16.1. The number of hydrogen-bond donors (Lipinski definition) is 2. The van der Waals surface area contributed by atoms with Gasteiger partial charge in [-0.25, -0.2) is 19.4 Å². The molecule has 1 fully saturated rings. The van der Waals surface area contributed by atoms with Gasteiger partial charge in [0.25, 0.3) is 5.91 Å². The summed E-state index contributed by atoms with van der Waals surface area (Å²) in [5.41, 5.74) is 10.1. The first-order valence-corrected chi connectivity index (χ1v) is 14.6. The van der Waals surface area contributed by atoms with Gasteiger partial charge in [-0.05, 0) is 63.1 Å². The highest BCUT2D eigenvalue weighted by atomic mass is 16.7. The number of rotatable bonds is 9. The number of hydrogen-bond acceptors (Lipinski definition) is 11. The molecule has 13 nitrogen and oxygen atoms in total. The molecule has 1 saturated heterocycles. The Labute approximate surface area is 254 Å². The number of carbonyl (C=O) groups excluding carboxylic acids is 2. The molecule has 1 amide bonds. The number of nitrogen functional groups attached to an aromatic ring is 1. The maximum Gasteiger partial charge on any atom is 0.349 e. The lowest BCUT2D eigenvalue weighted by molar-refractivity contribution is -0.191. The van der Waals surface area contributed by atoms with E-state index in [2.05, 4.69) is 40.6 Å². The van der Waals surface area contributed by atoms with Crippen LogP contribution in [0.3, 0.4) is 0 Å². The van der Waals surface area contributed by atoms with E-state index in [0.717, 1.165) is 37.7 Å². The number of ether oxygens (including phenoxy) is 2. The number of piperidine rings is 1. The minimum atomic E-state index is -0.514. The number of nitrogens with two attached hydrogens (primary N) is 1. The maximum absolute atomic E-state index is 13.2. The van der Waals surface area contributed by atoms with Crippen molar-refractivity contribution in [1.29, 1.82) is 0 Å². The molecular formula is C31H34N8O5. The second-order valence-electron chi connectivity index (χ2n) is 10.4. The van der Waals surface area contributed by atoms with Crippen LogP contribution in [0.25, 0.3) is 22.3 Å². The Morgan fingerprint density at radius 3 is 2.66 bits per heavy atom. The smallest absolute Gasteiger partial charge is 0.349 e. The maximum atomic E-state index is 13.2. The minimum Gasteiger partial charge on any atom is -0.453 e. The predicted molar refractivity (Wildman–Crippen MR) is 165 cm³/mol. The number of anilines is 3. The summed E-state index contributed by atoms with van der Waals surface area (Å²) >= 11 is 0. The molecule has 228 valence electrons. The molecule has 0 aliphatic carbocycles. The van der Waals surface area contributed by atoms with E-state index >= 15 is 0 Å². The second-order valence-corrected chi connectivity index (χ2v) is 10.4. The quantitative estimate of drug-likeness (QED) is 0.267. The van der Waals surface area contributed by atoms with Crippen LogP contribution < -0.4 is 25.4 Å². The number of nitrogens with zero attached hydrogens (tertiary/aromatic N) is 6. The highest BCUT2D eigenvalue weighted by molar-refractivity contribution is 6.06. The number of benzene rings is 2. The van der Waals surface area contributed by atoms with E-state index in [0.29, 0.717) is 58.1 Å². The van der Waals surface area contributed by atoms with Crippen LogP contribution in [0.15, 0.2) is 55.4 Å². The molecule has 0 radical (unpaired) electrons. The van der Waals surface area contributed by atoms with Crippen LogP contribution in [0.5, 0.6) is 11.5 Å². The fourth-order valence-corrected chi connectivity index (χ4v) is 5.69. The molecule has 6 rings (SSSR count). The van der Waals surface area contributed by atoms with Crippen LogP contribution in [-0.2, 0) is 9.63 Å².